The summed E-state index contributed by atoms with van der Waals surface area (Å²) in [6.07, 6.45) is -1.06. The van der Waals surface area contributed by atoms with Gasteiger partial charge in [0.05, 0.1) is 0 Å². The molecule has 1 fully saturated rings. The number of hydrogen-bond donors (Lipinski definition) is 3. The van der Waals surface area contributed by atoms with Gasteiger partial charge in [-0.1, -0.05) is 126 Å². The average molecular weight is 850 g/mol. The molecule has 3 heterocycles. The maximum atomic E-state index is 14.1. The van der Waals surface area contributed by atoms with Crippen LogP contribution in [-0.4, -0.2) is 73.6 Å². The molecule has 1 aromatic heterocycles. The third-order valence-electron chi connectivity index (χ3n) is 9.57. The number of ether oxygens (including phenoxy) is 1. The molecule has 0 radical (unpaired) electrons. The fourth-order valence-corrected chi connectivity index (χ4v) is 9.34. The SMILES string of the molecule is O=CNc1nc(C(=NOCC(=O)OC(c2ccccc2)c2ccccc2)C(=O)NC2C(=O)N3C=C(C=C(F)F)C(C(=O)O)(C(c4ccccc4)c4ccccc4)S[C@H]23)cs1. The molecule has 3 atom stereocenters. The van der Waals surface area contributed by atoms with Crippen LogP contribution < -0.4 is 10.6 Å². The Morgan fingerprint density at radius 2 is 1.43 bits per heavy atom. The van der Waals surface area contributed by atoms with Gasteiger partial charge >= 0.3 is 11.9 Å². The number of amides is 3. The number of carbonyl (C=O) groups excluding carboxylic acids is 4. The number of oxime groups is 1. The number of hydrogen-bond acceptors (Lipinski definition) is 11. The molecule has 3 N–H and O–H groups in total. The average Bonchev–Trinajstić information content (AvgIpc) is 3.73. The number of benzene rings is 4. The van der Waals surface area contributed by atoms with Crippen molar-refractivity contribution in [2.45, 2.75) is 28.2 Å². The van der Waals surface area contributed by atoms with E-state index in [9.17, 15) is 37.9 Å². The highest BCUT2D eigenvalue weighted by atomic mass is 32.2. The van der Waals surface area contributed by atoms with Crippen molar-refractivity contribution in [2.24, 2.45) is 5.16 Å². The molecule has 304 valence electrons. The minimum absolute atomic E-state index is 0.0899. The Kier molecular flexibility index (Phi) is 12.6. The van der Waals surface area contributed by atoms with Crippen molar-refractivity contribution in [1.82, 2.24) is 15.2 Å². The Balaban J connectivity index is 1.17. The van der Waals surface area contributed by atoms with E-state index in [0.717, 1.165) is 34.2 Å². The molecule has 0 spiro atoms. The maximum Gasteiger partial charge on any atom is 0.347 e. The van der Waals surface area contributed by atoms with Crippen molar-refractivity contribution in [2.75, 3.05) is 11.9 Å². The van der Waals surface area contributed by atoms with Gasteiger partial charge in [-0.2, -0.15) is 8.78 Å². The molecule has 2 aliphatic rings. The molecule has 1 saturated heterocycles. The molecule has 0 bridgehead atoms. The summed E-state index contributed by atoms with van der Waals surface area (Å²) in [7, 11) is 0. The number of aromatic nitrogens is 1. The van der Waals surface area contributed by atoms with Gasteiger partial charge in [-0.15, -0.1) is 23.1 Å². The molecule has 7 rings (SSSR count). The Labute approximate surface area is 349 Å². The predicted molar refractivity (Wildman–Crippen MR) is 219 cm³/mol. The standard InChI is InChI=1S/C43H33F2N5O8S2/c44-32(45)21-30-22-50-39(54)36(40(50)60-43(30,41(55)56)34(26-13-5-1-6-14-26)27-15-7-2-8-16-27)48-38(53)35(31-24-59-42(47-31)46-25-51)49-57-23-33(52)58-37(28-17-9-3-10-18-28)29-19-11-4-12-20-29/h1-22,24-25,34,36-37,40H,23H2,(H,48,53)(H,55,56)(H,46,47,51)/t36?,40-,43?/m1/s1. The number of carboxylic acids is 1. The zero-order chi connectivity index (χ0) is 42.2. The molecule has 13 nitrogen and oxygen atoms in total. The van der Waals surface area contributed by atoms with Crippen LogP contribution in [0, 0.1) is 0 Å². The van der Waals surface area contributed by atoms with E-state index in [4.69, 9.17) is 9.57 Å². The molecule has 60 heavy (non-hydrogen) atoms. The van der Waals surface area contributed by atoms with Gasteiger partial charge in [-0.05, 0) is 22.3 Å². The molecular formula is C43H33F2N5O8S2. The summed E-state index contributed by atoms with van der Waals surface area (Å²) in [4.78, 5) is 76.3. The number of nitrogens with one attached hydrogen (secondary N) is 2. The third-order valence-corrected chi connectivity index (χ3v) is 12.1. The third kappa shape index (κ3) is 8.57. The summed E-state index contributed by atoms with van der Waals surface area (Å²) in [6, 6.07) is 33.7. The Morgan fingerprint density at radius 3 is 1.95 bits per heavy atom. The second kappa shape index (κ2) is 18.3. The number of thiazole rings is 1. The summed E-state index contributed by atoms with van der Waals surface area (Å²) in [5.74, 6) is -5.08. The van der Waals surface area contributed by atoms with Crippen molar-refractivity contribution < 1.29 is 47.4 Å². The predicted octanol–water partition coefficient (Wildman–Crippen LogP) is 6.48. The van der Waals surface area contributed by atoms with Crippen LogP contribution in [-0.2, 0) is 33.5 Å². The van der Waals surface area contributed by atoms with E-state index in [1.165, 1.54) is 5.38 Å². The zero-order valence-electron chi connectivity index (χ0n) is 31.1. The molecule has 3 amide bonds. The first-order valence-corrected chi connectivity index (χ1v) is 19.9. The highest BCUT2D eigenvalue weighted by Crippen LogP contribution is 2.56. The van der Waals surface area contributed by atoms with Crippen molar-refractivity contribution in [3.8, 4) is 0 Å². The van der Waals surface area contributed by atoms with Crippen LogP contribution in [0.15, 0.2) is 156 Å². The van der Waals surface area contributed by atoms with E-state index in [2.05, 4.69) is 20.8 Å². The molecule has 2 aliphatic heterocycles. The van der Waals surface area contributed by atoms with Crippen molar-refractivity contribution in [1.29, 1.82) is 0 Å². The van der Waals surface area contributed by atoms with Crippen LogP contribution in [0.3, 0.4) is 0 Å². The Morgan fingerprint density at radius 1 is 0.883 bits per heavy atom. The van der Waals surface area contributed by atoms with Crippen molar-refractivity contribution >= 4 is 64.1 Å². The summed E-state index contributed by atoms with van der Waals surface area (Å²) in [6.45, 7) is -0.751. The second-order valence-electron chi connectivity index (χ2n) is 13.2. The van der Waals surface area contributed by atoms with Crippen molar-refractivity contribution in [3.05, 3.63) is 179 Å². The smallest absolute Gasteiger partial charge is 0.347 e. The van der Waals surface area contributed by atoms with Gasteiger partial charge in [-0.25, -0.2) is 9.78 Å². The minimum atomic E-state index is -2.17. The van der Waals surface area contributed by atoms with E-state index >= 15 is 0 Å². The van der Waals surface area contributed by atoms with Gasteiger partial charge in [-0.3, -0.25) is 19.2 Å². The van der Waals surface area contributed by atoms with Crippen LogP contribution in [0.4, 0.5) is 13.9 Å². The molecule has 4 aromatic carbocycles. The molecule has 17 heteroatoms. The van der Waals surface area contributed by atoms with Gasteiger partial charge < -0.3 is 30.2 Å². The topological polar surface area (TPSA) is 177 Å². The number of allylic oxidation sites excluding steroid dienone is 1. The van der Waals surface area contributed by atoms with E-state index in [0.29, 0.717) is 34.7 Å². The van der Waals surface area contributed by atoms with E-state index in [1.54, 1.807) is 109 Å². The monoisotopic (exact) mass is 849 g/mol. The summed E-state index contributed by atoms with van der Waals surface area (Å²) in [5.41, 5.74) is 1.46. The van der Waals surface area contributed by atoms with E-state index in [-0.39, 0.29) is 16.4 Å². The van der Waals surface area contributed by atoms with Crippen LogP contribution in [0.5, 0.6) is 0 Å². The number of halogens is 2. The summed E-state index contributed by atoms with van der Waals surface area (Å²) < 4.78 is 31.9. The number of carboxylic acid groups (broad SMARTS) is 1. The number of thioether (sulfide) groups is 1. The number of nitrogens with zero attached hydrogens (tertiary/aromatic N) is 3. The van der Waals surface area contributed by atoms with Gasteiger partial charge in [0.25, 0.3) is 17.9 Å². The molecule has 0 aliphatic carbocycles. The normalized spacial score (nSPS) is 18.4. The number of aliphatic carboxylic acids is 1. The number of rotatable bonds is 16. The number of carbonyl (C=O) groups is 5. The number of fused-ring (bicyclic) bond motifs is 1. The number of anilines is 1. The largest absolute Gasteiger partial charge is 0.480 e. The zero-order valence-corrected chi connectivity index (χ0v) is 32.7. The van der Waals surface area contributed by atoms with Gasteiger partial charge in [0.1, 0.15) is 17.1 Å². The van der Waals surface area contributed by atoms with Crippen LogP contribution in [0.2, 0.25) is 0 Å². The Bertz CT molecular complexity index is 2390. The maximum absolute atomic E-state index is 14.1. The van der Waals surface area contributed by atoms with Crippen LogP contribution in [0.1, 0.15) is 40.0 Å². The lowest BCUT2D eigenvalue weighted by Gasteiger charge is -2.53. The molecule has 5 aromatic rings. The minimum Gasteiger partial charge on any atom is -0.480 e. The quantitative estimate of drug-likeness (QED) is 0.0327. The van der Waals surface area contributed by atoms with Crippen molar-refractivity contribution in [3.63, 3.8) is 0 Å². The highest BCUT2D eigenvalue weighted by molar-refractivity contribution is 8.02. The second-order valence-corrected chi connectivity index (χ2v) is 15.4. The van der Waals surface area contributed by atoms with Crippen LogP contribution >= 0.6 is 23.1 Å². The molecule has 2 unspecified atom stereocenters. The lowest BCUT2D eigenvalue weighted by Crippen LogP contribution is -2.71. The fourth-order valence-electron chi connectivity index (χ4n) is 6.95. The van der Waals surface area contributed by atoms with E-state index < -0.39 is 70.3 Å². The van der Waals surface area contributed by atoms with Gasteiger partial charge in [0.15, 0.2) is 21.7 Å². The molecule has 0 saturated carbocycles. The number of esters is 1. The van der Waals surface area contributed by atoms with Crippen LogP contribution in [0.25, 0.3) is 0 Å². The lowest BCUT2D eigenvalue weighted by molar-refractivity contribution is -0.153. The summed E-state index contributed by atoms with van der Waals surface area (Å²) >= 11 is 1.68. The summed E-state index contributed by atoms with van der Waals surface area (Å²) in [5, 5.41) is 20.3. The first-order chi connectivity index (χ1) is 29.1. The number of β-lactam (4-membered cyclic amide) rings is 1. The molecular weight excluding hydrogens is 817 g/mol. The van der Waals surface area contributed by atoms with Gasteiger partial charge in [0, 0.05) is 29.1 Å². The van der Waals surface area contributed by atoms with Gasteiger partial charge in [0.2, 0.25) is 13.0 Å². The first kappa shape index (κ1) is 41.2. The van der Waals surface area contributed by atoms with E-state index in [1.807, 2.05) is 12.1 Å². The fraction of sp³-hybridized carbons (Fsp3) is 0.140. The Hall–Kier alpha value is -6.98. The highest BCUT2D eigenvalue weighted by Gasteiger charge is 2.62. The first-order valence-electron chi connectivity index (χ1n) is 18.1. The lowest BCUT2D eigenvalue weighted by atomic mass is 9.75.